The molecule has 0 fully saturated rings. The molecule has 0 aliphatic carbocycles. The molecule has 0 amide bonds. The lowest BCUT2D eigenvalue weighted by molar-refractivity contribution is 0.375. The Hall–Kier alpha value is -1.65. The van der Waals surface area contributed by atoms with Crippen LogP contribution in [0.5, 0.6) is 0 Å². The number of rotatable bonds is 5. The summed E-state index contributed by atoms with van der Waals surface area (Å²) in [6, 6.07) is 11.6. The van der Waals surface area contributed by atoms with Crippen molar-refractivity contribution < 1.29 is 4.52 Å². The topological polar surface area (TPSA) is 75.3 Å². The van der Waals surface area contributed by atoms with E-state index in [2.05, 4.69) is 44.1 Å². The van der Waals surface area contributed by atoms with Crippen LogP contribution in [0.3, 0.4) is 0 Å². The maximum Gasteiger partial charge on any atom is 0.246 e. The van der Waals surface area contributed by atoms with Crippen LogP contribution in [-0.4, -0.2) is 23.1 Å². The van der Waals surface area contributed by atoms with Gasteiger partial charge in [-0.15, -0.1) is 35.3 Å². The fourth-order valence-corrected chi connectivity index (χ4v) is 3.07. The Morgan fingerprint density at radius 2 is 2.08 bits per heavy atom. The molecule has 3 rings (SSSR count). The highest BCUT2D eigenvalue weighted by molar-refractivity contribution is 14.0. The molecule has 0 radical (unpaired) electrons. The Labute approximate surface area is 178 Å². The molecule has 0 aliphatic heterocycles. The smallest absolute Gasteiger partial charge is 0.246 e. The third-order valence-electron chi connectivity index (χ3n) is 3.52. The highest BCUT2D eigenvalue weighted by Crippen LogP contribution is 2.19. The number of guanidine groups is 1. The standard InChI is InChI=1S/C17H18ClN5OS.HI/c1-11(14-4-3-9-25-14)21-17(19-2)20-10-15-22-16(23-24-15)12-5-7-13(18)8-6-12;/h3-9,11H,10H2,1-2H3,(H2,19,20,21);1H. The second-order valence-electron chi connectivity index (χ2n) is 5.33. The molecule has 2 heterocycles. The Bertz CT molecular complexity index is 835. The molecule has 138 valence electrons. The molecule has 0 saturated heterocycles. The third kappa shape index (κ3) is 5.42. The molecule has 2 aromatic heterocycles. The molecule has 1 unspecified atom stereocenters. The van der Waals surface area contributed by atoms with Crippen molar-refractivity contribution in [1.29, 1.82) is 0 Å². The summed E-state index contributed by atoms with van der Waals surface area (Å²) in [6.45, 7) is 2.47. The molecule has 3 aromatic rings. The van der Waals surface area contributed by atoms with Gasteiger partial charge in [-0.05, 0) is 42.6 Å². The van der Waals surface area contributed by atoms with Crippen molar-refractivity contribution in [2.75, 3.05) is 7.05 Å². The van der Waals surface area contributed by atoms with Gasteiger partial charge in [0.1, 0.15) is 0 Å². The second-order valence-corrected chi connectivity index (χ2v) is 6.74. The number of halogens is 2. The van der Waals surface area contributed by atoms with Crippen molar-refractivity contribution in [2.45, 2.75) is 19.5 Å². The molecule has 0 bridgehead atoms. The van der Waals surface area contributed by atoms with Crippen molar-refractivity contribution in [1.82, 2.24) is 20.8 Å². The van der Waals surface area contributed by atoms with E-state index in [0.717, 1.165) is 5.56 Å². The van der Waals surface area contributed by atoms with E-state index >= 15 is 0 Å². The SMILES string of the molecule is CN=C(NCc1nc(-c2ccc(Cl)cc2)no1)NC(C)c1cccs1.I. The minimum Gasteiger partial charge on any atom is -0.349 e. The van der Waals surface area contributed by atoms with Crippen LogP contribution in [0.2, 0.25) is 5.02 Å². The molecule has 1 aromatic carbocycles. The van der Waals surface area contributed by atoms with Gasteiger partial charge in [0.05, 0.1) is 12.6 Å². The van der Waals surface area contributed by atoms with E-state index in [1.807, 2.05) is 18.2 Å². The quantitative estimate of drug-likeness (QED) is 0.305. The lowest BCUT2D eigenvalue weighted by atomic mass is 10.2. The van der Waals surface area contributed by atoms with Gasteiger partial charge < -0.3 is 15.2 Å². The van der Waals surface area contributed by atoms with Gasteiger partial charge >= 0.3 is 0 Å². The number of hydrogen-bond donors (Lipinski definition) is 2. The summed E-state index contributed by atoms with van der Waals surface area (Å²) in [7, 11) is 1.73. The minimum absolute atomic E-state index is 0. The largest absolute Gasteiger partial charge is 0.349 e. The number of hydrogen-bond acceptors (Lipinski definition) is 5. The maximum atomic E-state index is 5.89. The van der Waals surface area contributed by atoms with E-state index in [4.69, 9.17) is 16.1 Å². The summed E-state index contributed by atoms with van der Waals surface area (Å²) < 4.78 is 5.28. The molecular formula is C17H19ClIN5OS. The van der Waals surface area contributed by atoms with Crippen molar-refractivity contribution >= 4 is 52.9 Å². The molecule has 26 heavy (non-hydrogen) atoms. The van der Waals surface area contributed by atoms with Crippen LogP contribution in [0.15, 0.2) is 51.3 Å². The predicted octanol–water partition coefficient (Wildman–Crippen LogP) is 4.50. The Kier molecular flexibility index (Phi) is 7.85. The van der Waals surface area contributed by atoms with Crippen LogP contribution in [-0.2, 0) is 6.54 Å². The van der Waals surface area contributed by atoms with Gasteiger partial charge in [-0.1, -0.05) is 22.8 Å². The summed E-state index contributed by atoms with van der Waals surface area (Å²) in [5.41, 5.74) is 0.855. The lowest BCUT2D eigenvalue weighted by Crippen LogP contribution is -2.38. The number of nitrogens with zero attached hydrogens (tertiary/aromatic N) is 3. The molecule has 1 atom stereocenters. The summed E-state index contributed by atoms with van der Waals surface area (Å²) in [5, 5.41) is 13.2. The molecule has 0 aliphatic rings. The first-order valence-corrected chi connectivity index (χ1v) is 9.00. The van der Waals surface area contributed by atoms with Crippen molar-refractivity contribution in [3.05, 3.63) is 57.6 Å². The van der Waals surface area contributed by atoms with Crippen molar-refractivity contribution in [2.24, 2.45) is 4.99 Å². The van der Waals surface area contributed by atoms with Crippen LogP contribution in [0.4, 0.5) is 0 Å². The summed E-state index contributed by atoms with van der Waals surface area (Å²) in [6.07, 6.45) is 0. The molecular weight excluding hydrogens is 485 g/mol. The highest BCUT2D eigenvalue weighted by Gasteiger charge is 2.11. The Morgan fingerprint density at radius 1 is 1.31 bits per heavy atom. The Balaban J connectivity index is 0.00000243. The molecule has 0 saturated carbocycles. The molecule has 6 nitrogen and oxygen atoms in total. The number of aromatic nitrogens is 2. The summed E-state index contributed by atoms with van der Waals surface area (Å²) in [4.78, 5) is 9.85. The van der Waals surface area contributed by atoms with Gasteiger partial charge in [-0.3, -0.25) is 4.99 Å². The van der Waals surface area contributed by atoms with Gasteiger partial charge in [-0.25, -0.2) is 0 Å². The maximum absolute atomic E-state index is 5.89. The van der Waals surface area contributed by atoms with Crippen LogP contribution < -0.4 is 10.6 Å². The number of benzene rings is 1. The van der Waals surface area contributed by atoms with E-state index in [9.17, 15) is 0 Å². The van der Waals surface area contributed by atoms with E-state index < -0.39 is 0 Å². The fourth-order valence-electron chi connectivity index (χ4n) is 2.21. The zero-order valence-electron chi connectivity index (χ0n) is 14.3. The monoisotopic (exact) mass is 503 g/mol. The van der Waals surface area contributed by atoms with E-state index in [1.54, 1.807) is 30.5 Å². The van der Waals surface area contributed by atoms with Gasteiger partial charge in [0.2, 0.25) is 11.7 Å². The lowest BCUT2D eigenvalue weighted by Gasteiger charge is -2.15. The average Bonchev–Trinajstić information content (AvgIpc) is 3.31. The fraction of sp³-hybridized carbons (Fsp3) is 0.235. The number of nitrogens with one attached hydrogen (secondary N) is 2. The van der Waals surface area contributed by atoms with Gasteiger partial charge in [0.15, 0.2) is 5.96 Å². The highest BCUT2D eigenvalue weighted by atomic mass is 127. The van der Waals surface area contributed by atoms with E-state index in [-0.39, 0.29) is 30.0 Å². The zero-order valence-corrected chi connectivity index (χ0v) is 18.2. The first-order chi connectivity index (χ1) is 12.2. The second kappa shape index (κ2) is 9.89. The van der Waals surface area contributed by atoms with Gasteiger partial charge in [-0.2, -0.15) is 4.98 Å². The first kappa shape index (κ1) is 20.7. The average molecular weight is 504 g/mol. The number of thiophene rings is 1. The van der Waals surface area contributed by atoms with E-state index in [1.165, 1.54) is 4.88 Å². The van der Waals surface area contributed by atoms with Crippen LogP contribution in [0, 0.1) is 0 Å². The van der Waals surface area contributed by atoms with E-state index in [0.29, 0.717) is 29.2 Å². The predicted molar refractivity (Wildman–Crippen MR) is 116 cm³/mol. The molecule has 2 N–H and O–H groups in total. The first-order valence-electron chi connectivity index (χ1n) is 7.75. The molecule has 0 spiro atoms. The minimum atomic E-state index is 0. The third-order valence-corrected chi connectivity index (χ3v) is 4.83. The normalized spacial score (nSPS) is 12.3. The van der Waals surface area contributed by atoms with Crippen molar-refractivity contribution in [3.63, 3.8) is 0 Å². The Morgan fingerprint density at radius 3 is 2.73 bits per heavy atom. The summed E-state index contributed by atoms with van der Waals surface area (Å²) in [5.74, 6) is 1.69. The summed E-state index contributed by atoms with van der Waals surface area (Å²) >= 11 is 7.59. The van der Waals surface area contributed by atoms with Crippen LogP contribution in [0.25, 0.3) is 11.4 Å². The van der Waals surface area contributed by atoms with Crippen molar-refractivity contribution in [3.8, 4) is 11.4 Å². The molecule has 9 heteroatoms. The van der Waals surface area contributed by atoms with Gasteiger partial charge in [0, 0.05) is 22.5 Å². The van der Waals surface area contributed by atoms with Crippen LogP contribution >= 0.6 is 46.9 Å². The van der Waals surface area contributed by atoms with Gasteiger partial charge in [0.25, 0.3) is 0 Å². The zero-order chi connectivity index (χ0) is 17.6. The number of aliphatic imine (C=N–C) groups is 1. The van der Waals surface area contributed by atoms with Crippen LogP contribution in [0.1, 0.15) is 23.7 Å².